The maximum absolute atomic E-state index is 12.9. The van der Waals surface area contributed by atoms with E-state index in [0.29, 0.717) is 5.56 Å². The molecule has 4 rings (SSSR count). The molecule has 0 saturated carbocycles. The van der Waals surface area contributed by atoms with Gasteiger partial charge in [0.25, 0.3) is 5.91 Å². The molecule has 23 heavy (non-hydrogen) atoms. The Morgan fingerprint density at radius 2 is 1.74 bits per heavy atom. The van der Waals surface area contributed by atoms with Crippen LogP contribution in [0.15, 0.2) is 42.7 Å². The zero-order valence-electron chi connectivity index (χ0n) is 13.2. The first-order valence-corrected chi connectivity index (χ1v) is 8.43. The van der Waals surface area contributed by atoms with Crippen LogP contribution in [0, 0.1) is 0 Å². The van der Waals surface area contributed by atoms with Crippen molar-refractivity contribution in [3.05, 3.63) is 53.9 Å². The van der Waals surface area contributed by atoms with E-state index >= 15 is 0 Å². The SMILES string of the molecule is O=C(c1ccncc1)N1CCCc2ccc(N3CCCC3)cc21. The molecule has 1 aromatic heterocycles. The third-order valence-electron chi connectivity index (χ3n) is 4.83. The molecule has 2 aliphatic heterocycles. The van der Waals surface area contributed by atoms with E-state index in [9.17, 15) is 4.79 Å². The van der Waals surface area contributed by atoms with Crippen LogP contribution in [0.3, 0.4) is 0 Å². The molecule has 0 spiro atoms. The fourth-order valence-corrected chi connectivity index (χ4v) is 3.60. The normalized spacial score (nSPS) is 17.2. The summed E-state index contributed by atoms with van der Waals surface area (Å²) in [4.78, 5) is 21.2. The molecule has 0 radical (unpaired) electrons. The molecule has 2 aliphatic rings. The minimum atomic E-state index is 0.0759. The minimum absolute atomic E-state index is 0.0759. The standard InChI is InChI=1S/C19H21N3O/c23-19(16-7-9-20-10-8-16)22-13-3-4-15-5-6-17(14-18(15)22)21-11-1-2-12-21/h5-10,14H,1-4,11-13H2. The van der Waals surface area contributed by atoms with Crippen molar-refractivity contribution in [3.8, 4) is 0 Å². The van der Waals surface area contributed by atoms with Crippen LogP contribution in [-0.2, 0) is 6.42 Å². The molecule has 0 atom stereocenters. The molecule has 1 amide bonds. The summed E-state index contributed by atoms with van der Waals surface area (Å²) in [6.45, 7) is 3.03. The van der Waals surface area contributed by atoms with E-state index in [1.54, 1.807) is 24.5 Å². The quantitative estimate of drug-likeness (QED) is 0.854. The molecule has 118 valence electrons. The van der Waals surface area contributed by atoms with E-state index in [-0.39, 0.29) is 5.91 Å². The monoisotopic (exact) mass is 307 g/mol. The van der Waals surface area contributed by atoms with Crippen LogP contribution in [0.2, 0.25) is 0 Å². The second-order valence-corrected chi connectivity index (χ2v) is 6.30. The predicted molar refractivity (Wildman–Crippen MR) is 92.1 cm³/mol. The van der Waals surface area contributed by atoms with Crippen molar-refractivity contribution in [2.24, 2.45) is 0 Å². The van der Waals surface area contributed by atoms with E-state index in [4.69, 9.17) is 0 Å². The first-order valence-electron chi connectivity index (χ1n) is 8.43. The van der Waals surface area contributed by atoms with Gasteiger partial charge >= 0.3 is 0 Å². The lowest BCUT2D eigenvalue weighted by molar-refractivity contribution is 0.0985. The number of benzene rings is 1. The van der Waals surface area contributed by atoms with Gasteiger partial charge in [0.15, 0.2) is 0 Å². The molecular formula is C19H21N3O. The van der Waals surface area contributed by atoms with Crippen LogP contribution >= 0.6 is 0 Å². The number of aryl methyl sites for hydroxylation is 1. The maximum atomic E-state index is 12.9. The molecule has 0 bridgehead atoms. The number of rotatable bonds is 2. The Kier molecular flexibility index (Phi) is 3.74. The highest BCUT2D eigenvalue weighted by atomic mass is 16.2. The minimum Gasteiger partial charge on any atom is -0.371 e. The van der Waals surface area contributed by atoms with E-state index in [2.05, 4.69) is 28.1 Å². The Hall–Kier alpha value is -2.36. The van der Waals surface area contributed by atoms with E-state index in [1.165, 1.54) is 24.1 Å². The van der Waals surface area contributed by atoms with Gasteiger partial charge in [-0.2, -0.15) is 0 Å². The third-order valence-corrected chi connectivity index (χ3v) is 4.83. The average Bonchev–Trinajstić information content (AvgIpc) is 3.15. The molecular weight excluding hydrogens is 286 g/mol. The lowest BCUT2D eigenvalue weighted by Gasteiger charge is -2.31. The van der Waals surface area contributed by atoms with Gasteiger partial charge in [-0.3, -0.25) is 9.78 Å². The Morgan fingerprint density at radius 1 is 0.957 bits per heavy atom. The number of fused-ring (bicyclic) bond motifs is 1. The molecule has 1 fully saturated rings. The fraction of sp³-hybridized carbons (Fsp3) is 0.368. The van der Waals surface area contributed by atoms with Gasteiger partial charge in [0.1, 0.15) is 0 Å². The Morgan fingerprint density at radius 3 is 2.52 bits per heavy atom. The second-order valence-electron chi connectivity index (χ2n) is 6.30. The highest BCUT2D eigenvalue weighted by Crippen LogP contribution is 2.33. The Balaban J connectivity index is 1.69. The summed E-state index contributed by atoms with van der Waals surface area (Å²) in [5.41, 5.74) is 4.32. The molecule has 2 aromatic rings. The van der Waals surface area contributed by atoms with Crippen LogP contribution in [0.25, 0.3) is 0 Å². The number of carbonyl (C=O) groups is 1. The van der Waals surface area contributed by atoms with Crippen molar-refractivity contribution < 1.29 is 4.79 Å². The zero-order valence-corrected chi connectivity index (χ0v) is 13.2. The van der Waals surface area contributed by atoms with Crippen LogP contribution in [0.4, 0.5) is 11.4 Å². The van der Waals surface area contributed by atoms with Crippen molar-refractivity contribution in [2.45, 2.75) is 25.7 Å². The Bertz CT molecular complexity index is 708. The molecule has 1 saturated heterocycles. The number of hydrogen-bond donors (Lipinski definition) is 0. The lowest BCUT2D eigenvalue weighted by Crippen LogP contribution is -2.35. The lowest BCUT2D eigenvalue weighted by atomic mass is 10.00. The Labute approximate surface area is 136 Å². The predicted octanol–water partition coefficient (Wildman–Crippen LogP) is 3.27. The summed E-state index contributed by atoms with van der Waals surface area (Å²) in [5.74, 6) is 0.0759. The largest absolute Gasteiger partial charge is 0.371 e. The second kappa shape index (κ2) is 6.03. The molecule has 0 unspecified atom stereocenters. The highest BCUT2D eigenvalue weighted by Gasteiger charge is 2.25. The van der Waals surface area contributed by atoms with Crippen LogP contribution in [0.1, 0.15) is 35.2 Å². The van der Waals surface area contributed by atoms with Crippen molar-refractivity contribution >= 4 is 17.3 Å². The summed E-state index contributed by atoms with van der Waals surface area (Å²) in [5, 5.41) is 0. The van der Waals surface area contributed by atoms with Crippen LogP contribution < -0.4 is 9.80 Å². The van der Waals surface area contributed by atoms with E-state index < -0.39 is 0 Å². The van der Waals surface area contributed by atoms with E-state index in [1.807, 2.05) is 4.90 Å². The van der Waals surface area contributed by atoms with Gasteiger partial charge in [0, 0.05) is 49.0 Å². The van der Waals surface area contributed by atoms with Gasteiger partial charge in [-0.05, 0) is 55.5 Å². The van der Waals surface area contributed by atoms with Gasteiger partial charge in [0.05, 0.1) is 0 Å². The van der Waals surface area contributed by atoms with Gasteiger partial charge in [0.2, 0.25) is 0 Å². The van der Waals surface area contributed by atoms with Crippen LogP contribution in [-0.4, -0.2) is 30.5 Å². The zero-order chi connectivity index (χ0) is 15.6. The summed E-state index contributed by atoms with van der Waals surface area (Å²) >= 11 is 0. The molecule has 1 aromatic carbocycles. The van der Waals surface area contributed by atoms with Crippen LogP contribution in [0.5, 0.6) is 0 Å². The molecule has 4 heteroatoms. The number of anilines is 2. The van der Waals surface area contributed by atoms with Crippen molar-refractivity contribution in [1.29, 1.82) is 0 Å². The van der Waals surface area contributed by atoms with Crippen molar-refractivity contribution in [3.63, 3.8) is 0 Å². The fourth-order valence-electron chi connectivity index (χ4n) is 3.60. The topological polar surface area (TPSA) is 36.4 Å². The number of aromatic nitrogens is 1. The van der Waals surface area contributed by atoms with Gasteiger partial charge in [-0.1, -0.05) is 6.07 Å². The summed E-state index contributed by atoms with van der Waals surface area (Å²) in [7, 11) is 0. The number of hydrogen-bond acceptors (Lipinski definition) is 3. The average molecular weight is 307 g/mol. The number of carbonyl (C=O) groups excluding carboxylic acids is 1. The molecule has 4 nitrogen and oxygen atoms in total. The number of nitrogens with zero attached hydrogens (tertiary/aromatic N) is 3. The van der Waals surface area contributed by atoms with E-state index in [0.717, 1.165) is 38.2 Å². The smallest absolute Gasteiger partial charge is 0.258 e. The van der Waals surface area contributed by atoms with Gasteiger partial charge in [-0.15, -0.1) is 0 Å². The van der Waals surface area contributed by atoms with Crippen molar-refractivity contribution in [1.82, 2.24) is 4.98 Å². The molecule has 3 heterocycles. The van der Waals surface area contributed by atoms with Gasteiger partial charge < -0.3 is 9.80 Å². The van der Waals surface area contributed by atoms with Gasteiger partial charge in [-0.25, -0.2) is 0 Å². The number of pyridine rings is 1. The first kappa shape index (κ1) is 14.2. The molecule has 0 aliphatic carbocycles. The molecule has 0 N–H and O–H groups in total. The summed E-state index contributed by atoms with van der Waals surface area (Å²) in [6.07, 6.45) is 7.95. The third kappa shape index (κ3) is 2.69. The first-order chi connectivity index (χ1) is 11.3. The number of amides is 1. The summed E-state index contributed by atoms with van der Waals surface area (Å²) < 4.78 is 0. The van der Waals surface area contributed by atoms with Crippen molar-refractivity contribution in [2.75, 3.05) is 29.4 Å². The maximum Gasteiger partial charge on any atom is 0.258 e. The summed E-state index contributed by atoms with van der Waals surface area (Å²) in [6, 6.07) is 10.2. The highest BCUT2D eigenvalue weighted by molar-refractivity contribution is 6.06.